The summed E-state index contributed by atoms with van der Waals surface area (Å²) in [6, 6.07) is 8.35. The Morgan fingerprint density at radius 3 is 2.44 bits per heavy atom. The molecule has 1 fully saturated rings. The summed E-state index contributed by atoms with van der Waals surface area (Å²) in [7, 11) is 24.9. The Hall–Kier alpha value is -3.07. The Morgan fingerprint density at radius 1 is 1.06 bits per heavy atom. The highest BCUT2D eigenvalue weighted by Crippen LogP contribution is 2.41. The zero-order chi connectivity index (χ0) is 25.7. The highest BCUT2D eigenvalue weighted by molar-refractivity contribution is 6.53. The Labute approximate surface area is 214 Å². The second kappa shape index (κ2) is 9.10. The normalized spacial score (nSPS) is 18.8. The van der Waals surface area contributed by atoms with Gasteiger partial charge < -0.3 is 23.8 Å². The zero-order valence-corrected chi connectivity index (χ0v) is 20.1. The molecule has 0 atom stereocenters. The van der Waals surface area contributed by atoms with Crippen LogP contribution in [0.1, 0.15) is 24.1 Å². The van der Waals surface area contributed by atoms with E-state index in [0.717, 1.165) is 24.2 Å². The highest BCUT2D eigenvalue weighted by atomic mass is 16.6. The lowest BCUT2D eigenvalue weighted by molar-refractivity contribution is 0.0609. The Morgan fingerprint density at radius 2 is 1.75 bits per heavy atom. The van der Waals surface area contributed by atoms with Crippen LogP contribution in [0.5, 0.6) is 17.2 Å². The second-order valence-corrected chi connectivity index (χ2v) is 9.14. The predicted octanol–water partition coefficient (Wildman–Crippen LogP) is 0.345. The lowest BCUT2D eigenvalue weighted by atomic mass is 9.41. The number of nitrogens with zero attached hydrogens (tertiary/aromatic N) is 4. The molecule has 0 spiro atoms. The van der Waals surface area contributed by atoms with Crippen molar-refractivity contribution in [1.82, 2.24) is 14.6 Å². The molecule has 0 N–H and O–H groups in total. The van der Waals surface area contributed by atoms with Crippen LogP contribution in [-0.2, 0) is 11.3 Å². The molecule has 1 aromatic carbocycles. The lowest BCUT2D eigenvalue weighted by Crippen LogP contribution is -2.65. The third kappa shape index (κ3) is 4.56. The number of aryl methyl sites for hydroxylation is 1. The Bertz CT molecular complexity index is 1360. The summed E-state index contributed by atoms with van der Waals surface area (Å²) in [6.45, 7) is 3.64. The van der Waals surface area contributed by atoms with Gasteiger partial charge in [0.1, 0.15) is 43.2 Å². The fraction of sp³-hybridized carbons (Fsp3) is 0.435. The van der Waals surface area contributed by atoms with E-state index in [-0.39, 0.29) is 18.3 Å². The van der Waals surface area contributed by atoms with Gasteiger partial charge in [0.2, 0.25) is 0 Å². The number of anilines is 1. The minimum atomic E-state index is -1.91. The fourth-order valence-electron chi connectivity index (χ4n) is 4.33. The quantitative estimate of drug-likeness (QED) is 0.487. The third-order valence-corrected chi connectivity index (χ3v) is 6.29. The maximum Gasteiger partial charge on any atom is 0.274 e. The molecule has 13 heteroatoms. The van der Waals surface area contributed by atoms with Gasteiger partial charge in [-0.2, -0.15) is 4.52 Å². The van der Waals surface area contributed by atoms with E-state index in [1.54, 1.807) is 25.3 Å². The molecule has 2 aromatic heterocycles. The monoisotopic (exact) mass is 478 g/mol. The summed E-state index contributed by atoms with van der Waals surface area (Å²) in [6.07, 6.45) is 1.47. The van der Waals surface area contributed by atoms with E-state index in [9.17, 15) is 4.79 Å². The molecular formula is C23H22B4N4O5. The van der Waals surface area contributed by atoms with Gasteiger partial charge in [-0.05, 0) is 30.7 Å². The van der Waals surface area contributed by atoms with E-state index in [4.69, 9.17) is 50.3 Å². The molecule has 4 heterocycles. The largest absolute Gasteiger partial charge is 0.501 e. The van der Waals surface area contributed by atoms with Crippen LogP contribution in [0.4, 0.5) is 5.82 Å². The van der Waals surface area contributed by atoms with Gasteiger partial charge in [0.05, 0.1) is 12.3 Å². The number of hydrogen-bond donors (Lipinski definition) is 0. The first kappa shape index (κ1) is 24.6. The van der Waals surface area contributed by atoms with Gasteiger partial charge in [0.15, 0.2) is 23.0 Å². The molecule has 3 aromatic rings. The summed E-state index contributed by atoms with van der Waals surface area (Å²) in [5.74, 6) is 1.95. The molecule has 176 valence electrons. The first-order valence-corrected chi connectivity index (χ1v) is 11.5. The van der Waals surface area contributed by atoms with E-state index < -0.39 is 10.8 Å². The smallest absolute Gasteiger partial charge is 0.274 e. The highest BCUT2D eigenvalue weighted by Gasteiger charge is 2.43. The molecule has 0 amide bonds. The summed E-state index contributed by atoms with van der Waals surface area (Å²) >= 11 is 0. The van der Waals surface area contributed by atoms with Gasteiger partial charge in [-0.25, -0.2) is 4.98 Å². The van der Waals surface area contributed by atoms with Crippen molar-refractivity contribution in [2.75, 3.05) is 25.1 Å². The van der Waals surface area contributed by atoms with Crippen molar-refractivity contribution in [1.29, 1.82) is 0 Å². The molecule has 8 radical (unpaired) electrons. The number of fused-ring (bicyclic) bond motifs is 2. The topological polar surface area (TPSA) is 87.4 Å². The average molecular weight is 478 g/mol. The van der Waals surface area contributed by atoms with Crippen LogP contribution >= 0.6 is 0 Å². The SMILES string of the molecule is [B]C1([B])Oc2ccc(OC3CCN(c4nn5c(=O)cc(COC)nc5cc4C)CC3)cc2OC1([B])[B]. The minimum Gasteiger partial charge on any atom is -0.501 e. The number of aromatic nitrogens is 3. The van der Waals surface area contributed by atoms with Crippen LogP contribution in [0.2, 0.25) is 0 Å². The Balaban J connectivity index is 1.27. The van der Waals surface area contributed by atoms with Gasteiger partial charge in [-0.3, -0.25) is 4.79 Å². The number of hydrogen-bond acceptors (Lipinski definition) is 8. The van der Waals surface area contributed by atoms with Crippen molar-refractivity contribution >= 4 is 42.9 Å². The van der Waals surface area contributed by atoms with E-state index in [1.807, 2.05) is 13.0 Å². The summed E-state index contributed by atoms with van der Waals surface area (Å²) in [4.78, 5) is 19.2. The van der Waals surface area contributed by atoms with Crippen LogP contribution in [0.25, 0.3) is 5.65 Å². The summed E-state index contributed by atoms with van der Waals surface area (Å²) in [5.41, 5.74) is 1.76. The summed E-state index contributed by atoms with van der Waals surface area (Å²) < 4.78 is 23.6. The molecule has 36 heavy (non-hydrogen) atoms. The lowest BCUT2D eigenvalue weighted by Gasteiger charge is -2.48. The van der Waals surface area contributed by atoms with Crippen molar-refractivity contribution in [3.63, 3.8) is 0 Å². The van der Waals surface area contributed by atoms with Crippen molar-refractivity contribution in [3.8, 4) is 17.2 Å². The minimum absolute atomic E-state index is 0.0332. The van der Waals surface area contributed by atoms with Crippen molar-refractivity contribution in [2.24, 2.45) is 0 Å². The molecule has 9 nitrogen and oxygen atoms in total. The van der Waals surface area contributed by atoms with E-state index in [2.05, 4.69) is 15.0 Å². The zero-order valence-electron chi connectivity index (χ0n) is 20.1. The van der Waals surface area contributed by atoms with Gasteiger partial charge in [0, 0.05) is 56.0 Å². The van der Waals surface area contributed by atoms with Crippen molar-refractivity contribution in [3.05, 3.63) is 51.9 Å². The number of benzene rings is 1. The van der Waals surface area contributed by atoms with Gasteiger partial charge >= 0.3 is 0 Å². The molecule has 1 saturated heterocycles. The molecule has 0 saturated carbocycles. The van der Waals surface area contributed by atoms with Gasteiger partial charge in [0.25, 0.3) is 5.56 Å². The molecule has 0 bridgehead atoms. The van der Waals surface area contributed by atoms with E-state index in [1.165, 1.54) is 10.6 Å². The predicted molar refractivity (Wildman–Crippen MR) is 137 cm³/mol. The second-order valence-electron chi connectivity index (χ2n) is 9.14. The average Bonchev–Trinajstić information content (AvgIpc) is 2.80. The summed E-state index contributed by atoms with van der Waals surface area (Å²) in [5, 5.41) is 0.810. The molecule has 2 aliphatic rings. The molecule has 5 rings (SSSR count). The molecule has 0 unspecified atom stereocenters. The number of rotatable bonds is 5. The maximum atomic E-state index is 12.6. The molecule has 2 aliphatic heterocycles. The number of piperidine rings is 1. The Kier molecular flexibility index (Phi) is 6.22. The molecule has 0 aliphatic carbocycles. The van der Waals surface area contributed by atoms with Crippen LogP contribution < -0.4 is 24.7 Å². The molecular weight excluding hydrogens is 456 g/mol. The third-order valence-electron chi connectivity index (χ3n) is 6.29. The standard InChI is InChI=1S/C23H22B4N4O5/c1-13-9-19-28-14(12-33-2)10-20(32)31(19)29-21(13)30-7-5-15(6-8-30)34-16-3-4-17-18(11-16)36-23(26,27)22(24,25)35-17/h3-4,9-11,15H,5-8,12H2,1-2H3. The van der Waals surface area contributed by atoms with E-state index >= 15 is 0 Å². The first-order valence-electron chi connectivity index (χ1n) is 11.5. The first-order chi connectivity index (χ1) is 17.1. The number of methoxy groups -OCH3 is 1. The fourth-order valence-corrected chi connectivity index (χ4v) is 4.33. The van der Waals surface area contributed by atoms with Crippen LogP contribution in [-0.4, -0.2) is 83.1 Å². The van der Waals surface area contributed by atoms with Crippen LogP contribution in [0.15, 0.2) is 35.1 Å². The van der Waals surface area contributed by atoms with Gasteiger partial charge in [-0.1, -0.05) is 0 Å². The van der Waals surface area contributed by atoms with Crippen molar-refractivity contribution in [2.45, 2.75) is 43.3 Å². The maximum absolute atomic E-state index is 12.6. The van der Waals surface area contributed by atoms with Crippen LogP contribution in [0.3, 0.4) is 0 Å². The van der Waals surface area contributed by atoms with E-state index in [0.29, 0.717) is 41.7 Å². The number of ether oxygens (including phenoxy) is 4. The van der Waals surface area contributed by atoms with Crippen molar-refractivity contribution < 1.29 is 18.9 Å². The van der Waals surface area contributed by atoms with Gasteiger partial charge in [-0.15, -0.1) is 5.10 Å². The van der Waals surface area contributed by atoms with Crippen LogP contribution in [0, 0.1) is 6.92 Å².